The second-order valence-electron chi connectivity index (χ2n) is 10.3. The molecule has 9 unspecified atom stereocenters. The molecule has 6 heteroatoms. The first kappa shape index (κ1) is 39.1. The van der Waals surface area contributed by atoms with Crippen molar-refractivity contribution in [1.82, 2.24) is 0 Å². The van der Waals surface area contributed by atoms with Gasteiger partial charge in [-0.25, -0.2) is 0 Å². The van der Waals surface area contributed by atoms with Gasteiger partial charge in [0.25, 0.3) is 0 Å². The van der Waals surface area contributed by atoms with E-state index in [1.165, 1.54) is 19.3 Å². The Morgan fingerprint density at radius 1 is 1.00 bits per heavy atom. The molecular formula is C30H60O6. The number of hydrogen-bond donors (Lipinski definition) is 0. The third-order valence-corrected chi connectivity index (χ3v) is 8.52. The van der Waals surface area contributed by atoms with Crippen LogP contribution in [-0.2, 0) is 28.6 Å². The lowest BCUT2D eigenvalue weighted by molar-refractivity contribution is -0.175. The molecule has 2 bridgehead atoms. The Labute approximate surface area is 223 Å². The molecule has 0 aromatic carbocycles. The summed E-state index contributed by atoms with van der Waals surface area (Å²) in [5.41, 5.74) is -0.452. The van der Waals surface area contributed by atoms with Crippen LogP contribution in [0.4, 0.5) is 0 Å². The van der Waals surface area contributed by atoms with Crippen molar-refractivity contribution in [2.75, 3.05) is 6.61 Å². The van der Waals surface area contributed by atoms with Crippen LogP contribution in [0.1, 0.15) is 117 Å². The molecule has 0 amide bonds. The fourth-order valence-electron chi connectivity index (χ4n) is 7.02. The summed E-state index contributed by atoms with van der Waals surface area (Å²) in [6, 6.07) is 0. The Morgan fingerprint density at radius 2 is 1.58 bits per heavy atom. The van der Waals surface area contributed by atoms with Gasteiger partial charge >= 0.3 is 17.9 Å². The molecule has 6 nitrogen and oxygen atoms in total. The number of unbranched alkanes of at least 4 members (excludes halogenated alkanes) is 1. The maximum atomic E-state index is 13.2. The minimum atomic E-state index is -0.844. The highest BCUT2D eigenvalue weighted by Crippen LogP contribution is 2.63. The van der Waals surface area contributed by atoms with Gasteiger partial charge in [-0.15, -0.1) is 0 Å². The van der Waals surface area contributed by atoms with Crippen molar-refractivity contribution in [3.05, 3.63) is 0 Å². The van der Waals surface area contributed by atoms with Crippen molar-refractivity contribution in [1.29, 1.82) is 0 Å². The third kappa shape index (κ3) is 6.71. The Morgan fingerprint density at radius 3 is 2.19 bits per heavy atom. The zero-order valence-electron chi connectivity index (χ0n) is 18.7. The first-order valence-electron chi connectivity index (χ1n) is 11.9. The molecule has 1 heterocycles. The van der Waals surface area contributed by atoms with Crippen LogP contribution >= 0.6 is 0 Å². The second kappa shape index (κ2) is 15.1. The second-order valence-corrected chi connectivity index (χ2v) is 10.3. The maximum absolute atomic E-state index is 13.2. The highest BCUT2D eigenvalue weighted by Gasteiger charge is 2.61. The first-order valence-corrected chi connectivity index (χ1v) is 11.9. The molecular weight excluding hydrogens is 456 g/mol. The quantitative estimate of drug-likeness (QED) is 0.187. The van der Waals surface area contributed by atoms with Crippen LogP contribution in [0, 0.1) is 41.4 Å². The van der Waals surface area contributed by atoms with Crippen molar-refractivity contribution in [3.63, 3.8) is 0 Å². The van der Waals surface area contributed by atoms with Crippen molar-refractivity contribution < 1.29 is 28.6 Å². The molecule has 216 valence electrons. The van der Waals surface area contributed by atoms with Gasteiger partial charge < -0.3 is 14.2 Å². The maximum Gasteiger partial charge on any atom is 0.320 e. The van der Waals surface area contributed by atoms with E-state index in [1.54, 1.807) is 13.8 Å². The van der Waals surface area contributed by atoms with Crippen LogP contribution in [0.25, 0.3) is 0 Å². The van der Waals surface area contributed by atoms with Crippen molar-refractivity contribution in [2.24, 2.45) is 41.4 Å². The predicted octanol–water partition coefficient (Wildman–Crippen LogP) is 7.72. The van der Waals surface area contributed by atoms with Crippen LogP contribution in [0.3, 0.4) is 0 Å². The molecule has 0 radical (unpaired) electrons. The molecule has 4 rings (SSSR count). The monoisotopic (exact) mass is 516 g/mol. The topological polar surface area (TPSA) is 78.9 Å². The Bertz CT molecular complexity index is 706. The van der Waals surface area contributed by atoms with Gasteiger partial charge in [0.15, 0.2) is 0 Å². The van der Waals surface area contributed by atoms with E-state index in [1.807, 2.05) is 0 Å². The van der Waals surface area contributed by atoms with Gasteiger partial charge in [-0.2, -0.15) is 0 Å². The smallest absolute Gasteiger partial charge is 0.320 e. The van der Waals surface area contributed by atoms with Gasteiger partial charge in [0.05, 0.1) is 23.9 Å². The highest BCUT2D eigenvalue weighted by molar-refractivity contribution is 5.99. The molecule has 4 fully saturated rings. The molecule has 4 aliphatic rings. The summed E-state index contributed by atoms with van der Waals surface area (Å²) in [5, 5.41) is 0. The van der Waals surface area contributed by atoms with Gasteiger partial charge in [0, 0.05) is 12.5 Å². The number of cyclic esters (lactones) is 2. The van der Waals surface area contributed by atoms with Crippen LogP contribution in [0.2, 0.25) is 0 Å². The molecule has 0 aromatic heterocycles. The molecule has 0 spiro atoms. The Balaban J connectivity index is -0.00000181. The third-order valence-electron chi connectivity index (χ3n) is 8.52. The average molecular weight is 517 g/mol. The molecule has 9 atom stereocenters. The summed E-state index contributed by atoms with van der Waals surface area (Å²) in [7, 11) is 0. The first-order chi connectivity index (χ1) is 14.3. The number of hydrogen-bond acceptors (Lipinski definition) is 6. The van der Waals surface area contributed by atoms with Crippen LogP contribution in [0.5, 0.6) is 0 Å². The Kier molecular flexibility index (Phi) is 16.4. The summed E-state index contributed by atoms with van der Waals surface area (Å²) in [6.45, 7) is 8.12. The zero-order chi connectivity index (χ0) is 21.6. The van der Waals surface area contributed by atoms with Gasteiger partial charge in [-0.3, -0.25) is 14.4 Å². The van der Waals surface area contributed by atoms with E-state index in [0.717, 1.165) is 31.6 Å². The SMILES string of the molecule is C.C.C.C.C.C.CCCCOC(C)C1C(=O)OC(=O)C1C(C)C(=O)OC1(C)CC2CC1C1CCCC21. The fourth-order valence-corrected chi connectivity index (χ4v) is 7.02. The van der Waals surface area contributed by atoms with E-state index in [0.29, 0.717) is 24.4 Å². The number of fused-ring (bicyclic) bond motifs is 5. The van der Waals surface area contributed by atoms with E-state index >= 15 is 0 Å². The normalized spacial score (nSPS) is 34.7. The molecule has 3 aliphatic carbocycles. The highest BCUT2D eigenvalue weighted by atomic mass is 16.6. The zero-order valence-corrected chi connectivity index (χ0v) is 18.7. The van der Waals surface area contributed by atoms with Crippen LogP contribution in [0.15, 0.2) is 0 Å². The van der Waals surface area contributed by atoms with E-state index in [4.69, 9.17) is 14.2 Å². The lowest BCUT2D eigenvalue weighted by Crippen LogP contribution is -2.45. The van der Waals surface area contributed by atoms with Crippen molar-refractivity contribution in [2.45, 2.75) is 129 Å². The van der Waals surface area contributed by atoms with Gasteiger partial charge in [-0.1, -0.05) is 71.2 Å². The number of rotatable bonds is 8. The van der Waals surface area contributed by atoms with Gasteiger partial charge in [0.2, 0.25) is 0 Å². The minimum Gasteiger partial charge on any atom is -0.459 e. The van der Waals surface area contributed by atoms with E-state index in [-0.39, 0.29) is 50.5 Å². The van der Waals surface area contributed by atoms with Crippen molar-refractivity contribution >= 4 is 17.9 Å². The molecule has 0 N–H and O–H groups in total. The van der Waals surface area contributed by atoms with Gasteiger partial charge in [0.1, 0.15) is 5.60 Å². The lowest BCUT2D eigenvalue weighted by Gasteiger charge is -2.40. The molecule has 3 saturated carbocycles. The average Bonchev–Trinajstić information content (AvgIpc) is 3.41. The standard InChI is InChI=1S/C24H36O6.6CH4/c1-5-6-10-28-14(3)20-19(22(26)29-23(20)27)13(2)21(25)30-24(4)12-15-11-18(24)17-9-7-8-16(15)17;;;;;;/h13-20H,5-12H2,1-4H3;6*1H4. The van der Waals surface area contributed by atoms with Crippen LogP contribution in [-0.4, -0.2) is 36.2 Å². The predicted molar refractivity (Wildman–Crippen MR) is 149 cm³/mol. The number of carbonyl (C=O) groups is 3. The molecule has 1 saturated heterocycles. The van der Waals surface area contributed by atoms with Crippen molar-refractivity contribution in [3.8, 4) is 0 Å². The summed E-state index contributed by atoms with van der Waals surface area (Å²) < 4.78 is 16.8. The minimum absolute atomic E-state index is 0. The van der Waals surface area contributed by atoms with E-state index < -0.39 is 41.4 Å². The summed E-state index contributed by atoms with van der Waals surface area (Å²) in [4.78, 5) is 38.0. The van der Waals surface area contributed by atoms with Crippen LogP contribution < -0.4 is 0 Å². The lowest BCUT2D eigenvalue weighted by atomic mass is 9.73. The van der Waals surface area contributed by atoms with E-state index in [9.17, 15) is 14.4 Å². The summed E-state index contributed by atoms with van der Waals surface area (Å²) in [5.74, 6) is -1.37. The number of ether oxygens (including phenoxy) is 3. The molecule has 36 heavy (non-hydrogen) atoms. The Hall–Kier alpha value is -1.43. The van der Waals surface area contributed by atoms with Gasteiger partial charge in [-0.05, 0) is 63.7 Å². The molecule has 1 aliphatic heterocycles. The number of esters is 3. The van der Waals surface area contributed by atoms with E-state index in [2.05, 4.69) is 13.8 Å². The largest absolute Gasteiger partial charge is 0.459 e. The fraction of sp³-hybridized carbons (Fsp3) is 0.900. The summed E-state index contributed by atoms with van der Waals surface area (Å²) >= 11 is 0. The number of carbonyl (C=O) groups excluding carboxylic acids is 3. The molecule has 0 aromatic rings. The summed E-state index contributed by atoms with van der Waals surface area (Å²) in [6.07, 6.45) is 7.31.